The molecule has 0 saturated heterocycles. The second kappa shape index (κ2) is 7.09. The molecular formula is C17H29NO2. The number of hydrogen-bond acceptors (Lipinski definition) is 3. The Hall–Kier alpha value is -1.06. The molecule has 0 radical (unpaired) electrons. The topological polar surface area (TPSA) is 55.5 Å². The Morgan fingerprint density at radius 3 is 2.45 bits per heavy atom. The smallest absolute Gasteiger partial charge is 0.122 e. The van der Waals surface area contributed by atoms with Crippen molar-refractivity contribution in [3.8, 4) is 5.75 Å². The summed E-state index contributed by atoms with van der Waals surface area (Å²) in [5.41, 5.74) is 8.26. The third-order valence-electron chi connectivity index (χ3n) is 3.54. The summed E-state index contributed by atoms with van der Waals surface area (Å²) in [6.45, 7) is 11.1. The third-order valence-corrected chi connectivity index (χ3v) is 3.54. The molecule has 1 aromatic rings. The van der Waals surface area contributed by atoms with Gasteiger partial charge in [0.15, 0.2) is 0 Å². The molecule has 0 bridgehead atoms. The van der Waals surface area contributed by atoms with Crippen molar-refractivity contribution >= 4 is 0 Å². The highest BCUT2D eigenvalue weighted by Gasteiger charge is 2.17. The molecule has 3 heteroatoms. The number of aliphatic hydroxyl groups excluding tert-OH is 1. The average Bonchev–Trinajstić information content (AvgIpc) is 2.36. The minimum Gasteiger partial charge on any atom is -0.494 e. The van der Waals surface area contributed by atoms with Crippen LogP contribution in [0.3, 0.4) is 0 Å². The summed E-state index contributed by atoms with van der Waals surface area (Å²) in [6, 6.07) is 6.16. The van der Waals surface area contributed by atoms with Crippen LogP contribution in [-0.2, 0) is 11.8 Å². The van der Waals surface area contributed by atoms with Gasteiger partial charge in [-0.05, 0) is 49.3 Å². The first-order valence-electron chi connectivity index (χ1n) is 7.45. The summed E-state index contributed by atoms with van der Waals surface area (Å²) in [6.07, 6.45) is 0.968. The van der Waals surface area contributed by atoms with Gasteiger partial charge >= 0.3 is 0 Å². The average molecular weight is 279 g/mol. The molecule has 3 nitrogen and oxygen atoms in total. The summed E-state index contributed by atoms with van der Waals surface area (Å²) in [7, 11) is 0. The summed E-state index contributed by atoms with van der Waals surface area (Å²) < 4.78 is 5.68. The third kappa shape index (κ3) is 4.80. The van der Waals surface area contributed by atoms with Crippen molar-refractivity contribution in [2.75, 3.05) is 6.61 Å². The normalized spacial score (nSPS) is 14.9. The van der Waals surface area contributed by atoms with Crippen LogP contribution in [0.1, 0.15) is 52.2 Å². The van der Waals surface area contributed by atoms with Crippen molar-refractivity contribution in [1.29, 1.82) is 0 Å². The van der Waals surface area contributed by atoms with E-state index in [0.29, 0.717) is 13.0 Å². The summed E-state index contributed by atoms with van der Waals surface area (Å²) in [5.74, 6) is 0.914. The zero-order valence-electron chi connectivity index (χ0n) is 13.4. The van der Waals surface area contributed by atoms with E-state index in [1.54, 1.807) is 0 Å². The Morgan fingerprint density at radius 2 is 1.95 bits per heavy atom. The van der Waals surface area contributed by atoms with E-state index in [1.165, 1.54) is 5.56 Å². The van der Waals surface area contributed by atoms with Crippen molar-refractivity contribution < 1.29 is 9.84 Å². The van der Waals surface area contributed by atoms with Gasteiger partial charge < -0.3 is 15.6 Å². The number of aliphatic hydroxyl groups is 1. The van der Waals surface area contributed by atoms with Gasteiger partial charge in [0.1, 0.15) is 5.75 Å². The second-order valence-corrected chi connectivity index (χ2v) is 6.47. The van der Waals surface area contributed by atoms with E-state index in [1.807, 2.05) is 19.9 Å². The minimum absolute atomic E-state index is 0.110. The number of rotatable bonds is 6. The molecule has 1 aromatic carbocycles. The van der Waals surface area contributed by atoms with Crippen molar-refractivity contribution in [2.45, 2.75) is 65.0 Å². The lowest BCUT2D eigenvalue weighted by Crippen LogP contribution is -2.31. The van der Waals surface area contributed by atoms with Crippen LogP contribution in [0.5, 0.6) is 5.75 Å². The molecule has 2 unspecified atom stereocenters. The van der Waals surface area contributed by atoms with Crippen LogP contribution < -0.4 is 10.5 Å². The van der Waals surface area contributed by atoms with Crippen LogP contribution >= 0.6 is 0 Å². The predicted octanol–water partition coefficient (Wildman–Crippen LogP) is 3.02. The first kappa shape index (κ1) is 17.0. The molecule has 0 aliphatic heterocycles. The van der Waals surface area contributed by atoms with Crippen molar-refractivity contribution in [3.05, 3.63) is 29.3 Å². The maximum absolute atomic E-state index is 9.87. The Kier molecular flexibility index (Phi) is 6.03. The van der Waals surface area contributed by atoms with Gasteiger partial charge in [-0.3, -0.25) is 0 Å². The molecule has 0 aromatic heterocycles. The van der Waals surface area contributed by atoms with E-state index in [-0.39, 0.29) is 11.5 Å². The molecule has 20 heavy (non-hydrogen) atoms. The van der Waals surface area contributed by atoms with Crippen LogP contribution in [-0.4, -0.2) is 23.9 Å². The summed E-state index contributed by atoms with van der Waals surface area (Å²) in [4.78, 5) is 0. The van der Waals surface area contributed by atoms with Crippen molar-refractivity contribution in [1.82, 2.24) is 0 Å². The molecule has 0 aliphatic carbocycles. The van der Waals surface area contributed by atoms with Crippen LogP contribution in [0.2, 0.25) is 0 Å². The maximum Gasteiger partial charge on any atom is 0.122 e. The fourth-order valence-corrected chi connectivity index (χ4v) is 2.10. The molecule has 0 saturated carbocycles. The Labute approximate surface area is 123 Å². The van der Waals surface area contributed by atoms with Gasteiger partial charge in [0.25, 0.3) is 0 Å². The van der Waals surface area contributed by atoms with E-state index in [4.69, 9.17) is 10.5 Å². The van der Waals surface area contributed by atoms with Crippen LogP contribution in [0.15, 0.2) is 18.2 Å². The SMILES string of the molecule is CCOc1ccc(C(C)(C)C)cc1CCC(O)C(C)N. The first-order valence-corrected chi connectivity index (χ1v) is 7.45. The number of benzene rings is 1. The molecule has 1 rings (SSSR count). The predicted molar refractivity (Wildman–Crippen MR) is 84.3 cm³/mol. The van der Waals surface area contributed by atoms with Gasteiger partial charge in [0, 0.05) is 6.04 Å². The standard InChI is InChI=1S/C17H29NO2/c1-6-20-16-10-8-14(17(3,4)5)11-13(16)7-9-15(19)12(2)18/h8,10-12,15,19H,6-7,9,18H2,1-5H3. The van der Waals surface area contributed by atoms with Crippen LogP contribution in [0.25, 0.3) is 0 Å². The van der Waals surface area contributed by atoms with Gasteiger partial charge in [-0.2, -0.15) is 0 Å². The first-order chi connectivity index (χ1) is 9.25. The zero-order chi connectivity index (χ0) is 15.3. The van der Waals surface area contributed by atoms with E-state index in [2.05, 4.69) is 32.9 Å². The molecule has 3 N–H and O–H groups in total. The molecule has 0 spiro atoms. The van der Waals surface area contributed by atoms with Gasteiger partial charge in [-0.25, -0.2) is 0 Å². The lowest BCUT2D eigenvalue weighted by molar-refractivity contribution is 0.141. The maximum atomic E-state index is 9.87. The van der Waals surface area contributed by atoms with E-state index >= 15 is 0 Å². The monoisotopic (exact) mass is 279 g/mol. The van der Waals surface area contributed by atoms with Crippen molar-refractivity contribution in [2.24, 2.45) is 5.73 Å². The molecule has 0 aliphatic rings. The lowest BCUT2D eigenvalue weighted by Gasteiger charge is -2.22. The van der Waals surface area contributed by atoms with Gasteiger partial charge in [0.05, 0.1) is 12.7 Å². The number of hydrogen-bond donors (Lipinski definition) is 2. The Bertz CT molecular complexity index is 421. The minimum atomic E-state index is -0.470. The highest BCUT2D eigenvalue weighted by atomic mass is 16.5. The molecule has 0 amide bonds. The van der Waals surface area contributed by atoms with E-state index in [0.717, 1.165) is 17.7 Å². The summed E-state index contributed by atoms with van der Waals surface area (Å²) >= 11 is 0. The summed E-state index contributed by atoms with van der Waals surface area (Å²) in [5, 5.41) is 9.87. The van der Waals surface area contributed by atoms with Crippen molar-refractivity contribution in [3.63, 3.8) is 0 Å². The van der Waals surface area contributed by atoms with Gasteiger partial charge in [-0.15, -0.1) is 0 Å². The Balaban J connectivity index is 2.94. The lowest BCUT2D eigenvalue weighted by atomic mass is 9.85. The Morgan fingerprint density at radius 1 is 1.30 bits per heavy atom. The number of aryl methyl sites for hydroxylation is 1. The quantitative estimate of drug-likeness (QED) is 0.841. The second-order valence-electron chi connectivity index (χ2n) is 6.47. The van der Waals surface area contributed by atoms with Gasteiger partial charge in [0.2, 0.25) is 0 Å². The number of ether oxygens (including phenoxy) is 1. The zero-order valence-corrected chi connectivity index (χ0v) is 13.4. The number of nitrogens with two attached hydrogens (primary N) is 1. The molecule has 2 atom stereocenters. The molecular weight excluding hydrogens is 250 g/mol. The molecule has 0 heterocycles. The van der Waals surface area contributed by atoms with E-state index in [9.17, 15) is 5.11 Å². The highest BCUT2D eigenvalue weighted by Crippen LogP contribution is 2.29. The highest BCUT2D eigenvalue weighted by molar-refractivity contribution is 5.40. The fraction of sp³-hybridized carbons (Fsp3) is 0.647. The van der Waals surface area contributed by atoms with Crippen LogP contribution in [0.4, 0.5) is 0 Å². The van der Waals surface area contributed by atoms with Gasteiger partial charge in [-0.1, -0.05) is 32.9 Å². The molecule has 0 fully saturated rings. The largest absolute Gasteiger partial charge is 0.494 e. The van der Waals surface area contributed by atoms with E-state index < -0.39 is 6.10 Å². The van der Waals surface area contributed by atoms with Crippen LogP contribution in [0, 0.1) is 0 Å². The molecule has 114 valence electrons. The fourth-order valence-electron chi connectivity index (χ4n) is 2.10.